The Bertz CT molecular complexity index is 559. The van der Waals surface area contributed by atoms with Gasteiger partial charge < -0.3 is 5.32 Å². The van der Waals surface area contributed by atoms with Gasteiger partial charge in [-0.25, -0.2) is 0 Å². The lowest BCUT2D eigenvalue weighted by molar-refractivity contribution is 0.0952. The van der Waals surface area contributed by atoms with E-state index in [0.29, 0.717) is 17.1 Å². The summed E-state index contributed by atoms with van der Waals surface area (Å²) in [6.45, 7) is 1.30. The highest BCUT2D eigenvalue weighted by molar-refractivity contribution is 9.10. The van der Waals surface area contributed by atoms with E-state index in [0.717, 1.165) is 17.4 Å². The van der Waals surface area contributed by atoms with Gasteiger partial charge in [0.05, 0.1) is 11.2 Å². The molecule has 0 bridgehead atoms. The molecule has 2 aromatic rings. The number of aryl methyl sites for hydroxylation is 1. The molecule has 7 heteroatoms. The van der Waals surface area contributed by atoms with Gasteiger partial charge in [-0.3, -0.25) is 9.48 Å². The fraction of sp³-hybridized carbons (Fsp3) is 0.250. The quantitative estimate of drug-likeness (QED) is 0.849. The molecular formula is C12H12BrClN4O. The van der Waals surface area contributed by atoms with Crippen molar-refractivity contribution in [1.82, 2.24) is 20.3 Å². The van der Waals surface area contributed by atoms with Crippen LogP contribution in [-0.4, -0.2) is 27.4 Å². The fourth-order valence-corrected chi connectivity index (χ4v) is 1.96. The summed E-state index contributed by atoms with van der Waals surface area (Å²) in [5.74, 6) is -0.131. The van der Waals surface area contributed by atoms with Gasteiger partial charge in [0, 0.05) is 29.3 Å². The molecule has 1 aromatic heterocycles. The Labute approximate surface area is 124 Å². The molecule has 1 amide bonds. The van der Waals surface area contributed by atoms with Crippen LogP contribution in [0.4, 0.5) is 0 Å². The monoisotopic (exact) mass is 342 g/mol. The van der Waals surface area contributed by atoms with E-state index in [-0.39, 0.29) is 5.91 Å². The summed E-state index contributed by atoms with van der Waals surface area (Å²) in [7, 11) is 0. The third-order valence-corrected chi connectivity index (χ3v) is 3.74. The number of amides is 1. The molecule has 0 fully saturated rings. The summed E-state index contributed by atoms with van der Waals surface area (Å²) in [4.78, 5) is 11.8. The molecule has 0 aliphatic rings. The molecule has 0 atom stereocenters. The molecule has 0 saturated carbocycles. The molecule has 0 radical (unpaired) electrons. The van der Waals surface area contributed by atoms with Crippen LogP contribution in [0.2, 0.25) is 5.02 Å². The van der Waals surface area contributed by atoms with Crippen LogP contribution in [0.15, 0.2) is 35.1 Å². The van der Waals surface area contributed by atoms with Crippen LogP contribution in [0.3, 0.4) is 0 Å². The second-order valence-electron chi connectivity index (χ2n) is 3.90. The maximum Gasteiger partial charge on any atom is 0.251 e. The zero-order valence-electron chi connectivity index (χ0n) is 10.0. The van der Waals surface area contributed by atoms with Crippen molar-refractivity contribution in [2.75, 3.05) is 6.54 Å². The van der Waals surface area contributed by atoms with E-state index in [4.69, 9.17) is 11.6 Å². The second-order valence-corrected chi connectivity index (χ2v) is 5.17. The molecule has 100 valence electrons. The van der Waals surface area contributed by atoms with Crippen molar-refractivity contribution in [2.45, 2.75) is 13.0 Å². The summed E-state index contributed by atoms with van der Waals surface area (Å²) in [6.07, 6.45) is 4.21. The lowest BCUT2D eigenvalue weighted by Gasteiger charge is -2.06. The maximum absolute atomic E-state index is 11.8. The van der Waals surface area contributed by atoms with E-state index >= 15 is 0 Å². The van der Waals surface area contributed by atoms with Crippen molar-refractivity contribution in [3.63, 3.8) is 0 Å². The van der Waals surface area contributed by atoms with Crippen molar-refractivity contribution in [3.8, 4) is 0 Å². The first-order valence-electron chi connectivity index (χ1n) is 5.74. The number of aromatic nitrogens is 3. The van der Waals surface area contributed by atoms with Crippen molar-refractivity contribution < 1.29 is 4.79 Å². The van der Waals surface area contributed by atoms with E-state index in [1.54, 1.807) is 35.3 Å². The Hall–Kier alpha value is -1.40. The smallest absolute Gasteiger partial charge is 0.251 e. The normalized spacial score (nSPS) is 10.4. The third kappa shape index (κ3) is 4.04. The molecule has 1 heterocycles. The number of benzene rings is 1. The van der Waals surface area contributed by atoms with Crippen LogP contribution in [-0.2, 0) is 6.54 Å². The summed E-state index contributed by atoms with van der Waals surface area (Å²) >= 11 is 9.23. The number of carbonyl (C=O) groups excluding carboxylic acids is 1. The Morgan fingerprint density at radius 1 is 1.47 bits per heavy atom. The Balaban J connectivity index is 1.79. The number of halogens is 2. The Morgan fingerprint density at radius 3 is 3.00 bits per heavy atom. The zero-order chi connectivity index (χ0) is 13.7. The molecule has 1 aromatic carbocycles. The summed E-state index contributed by atoms with van der Waals surface area (Å²) in [5, 5.41) is 10.9. The first kappa shape index (κ1) is 14.0. The maximum atomic E-state index is 11.8. The van der Waals surface area contributed by atoms with Crippen LogP contribution >= 0.6 is 27.5 Å². The number of nitrogens with one attached hydrogen (secondary N) is 1. The van der Waals surface area contributed by atoms with Gasteiger partial charge in [0.2, 0.25) is 0 Å². The topological polar surface area (TPSA) is 59.8 Å². The molecule has 1 N–H and O–H groups in total. The highest BCUT2D eigenvalue weighted by Crippen LogP contribution is 2.23. The predicted octanol–water partition coefficient (Wildman–Crippen LogP) is 2.51. The van der Waals surface area contributed by atoms with Gasteiger partial charge in [-0.2, -0.15) is 0 Å². The highest BCUT2D eigenvalue weighted by atomic mass is 79.9. The molecule has 2 rings (SSSR count). The zero-order valence-corrected chi connectivity index (χ0v) is 12.4. The van der Waals surface area contributed by atoms with Crippen molar-refractivity contribution >= 4 is 33.4 Å². The van der Waals surface area contributed by atoms with Crippen molar-refractivity contribution in [2.24, 2.45) is 0 Å². The summed E-state index contributed by atoms with van der Waals surface area (Å²) in [5.41, 5.74) is 0.550. The first-order chi connectivity index (χ1) is 9.16. The molecule has 19 heavy (non-hydrogen) atoms. The largest absolute Gasteiger partial charge is 0.352 e. The van der Waals surface area contributed by atoms with E-state index in [2.05, 4.69) is 31.6 Å². The second kappa shape index (κ2) is 6.68. The minimum absolute atomic E-state index is 0.131. The van der Waals surface area contributed by atoms with Gasteiger partial charge in [-0.15, -0.1) is 5.10 Å². The van der Waals surface area contributed by atoms with Crippen LogP contribution in [0, 0.1) is 0 Å². The van der Waals surface area contributed by atoms with Crippen LogP contribution in [0.25, 0.3) is 0 Å². The first-order valence-corrected chi connectivity index (χ1v) is 6.91. The molecule has 0 aliphatic heterocycles. The lowest BCUT2D eigenvalue weighted by Crippen LogP contribution is -2.25. The van der Waals surface area contributed by atoms with Gasteiger partial charge in [0.15, 0.2) is 0 Å². The summed E-state index contributed by atoms with van der Waals surface area (Å²) < 4.78 is 2.50. The SMILES string of the molecule is O=C(NCCCn1ccnn1)c1ccc(Br)c(Cl)c1. The van der Waals surface area contributed by atoms with Gasteiger partial charge in [-0.05, 0) is 40.5 Å². The average Bonchev–Trinajstić information content (AvgIpc) is 2.91. The number of carbonyl (C=O) groups is 1. The third-order valence-electron chi connectivity index (χ3n) is 2.50. The van der Waals surface area contributed by atoms with E-state index in [1.165, 1.54) is 0 Å². The lowest BCUT2D eigenvalue weighted by atomic mass is 10.2. The standard InChI is InChI=1S/C12H12BrClN4O/c13-10-3-2-9(8-11(10)14)12(19)15-4-1-6-18-7-5-16-17-18/h2-3,5,7-8H,1,4,6H2,(H,15,19). The average molecular weight is 344 g/mol. The number of rotatable bonds is 5. The van der Waals surface area contributed by atoms with Crippen LogP contribution < -0.4 is 5.32 Å². The summed E-state index contributed by atoms with van der Waals surface area (Å²) in [6, 6.07) is 5.12. The van der Waals surface area contributed by atoms with E-state index in [9.17, 15) is 4.79 Å². The molecule has 5 nitrogen and oxygen atoms in total. The molecule has 0 aliphatic carbocycles. The number of hydrogen-bond acceptors (Lipinski definition) is 3. The van der Waals surface area contributed by atoms with Gasteiger partial charge in [0.25, 0.3) is 5.91 Å². The van der Waals surface area contributed by atoms with Crippen LogP contribution in [0.1, 0.15) is 16.8 Å². The van der Waals surface area contributed by atoms with E-state index < -0.39 is 0 Å². The Kier molecular flexibility index (Phi) is 4.93. The van der Waals surface area contributed by atoms with E-state index in [1.807, 2.05) is 0 Å². The number of hydrogen-bond donors (Lipinski definition) is 1. The molecular weight excluding hydrogens is 332 g/mol. The fourth-order valence-electron chi connectivity index (χ4n) is 1.53. The highest BCUT2D eigenvalue weighted by Gasteiger charge is 2.07. The number of nitrogens with zero attached hydrogens (tertiary/aromatic N) is 3. The van der Waals surface area contributed by atoms with Gasteiger partial charge >= 0.3 is 0 Å². The predicted molar refractivity (Wildman–Crippen MR) is 76.1 cm³/mol. The molecule has 0 saturated heterocycles. The Morgan fingerprint density at radius 2 is 2.32 bits per heavy atom. The molecule has 0 spiro atoms. The van der Waals surface area contributed by atoms with Gasteiger partial charge in [-0.1, -0.05) is 16.8 Å². The minimum Gasteiger partial charge on any atom is -0.352 e. The van der Waals surface area contributed by atoms with Crippen molar-refractivity contribution in [1.29, 1.82) is 0 Å². The van der Waals surface area contributed by atoms with Crippen molar-refractivity contribution in [3.05, 3.63) is 45.7 Å². The van der Waals surface area contributed by atoms with Gasteiger partial charge in [0.1, 0.15) is 0 Å². The van der Waals surface area contributed by atoms with Crippen LogP contribution in [0.5, 0.6) is 0 Å². The minimum atomic E-state index is -0.131. The molecule has 0 unspecified atom stereocenters.